The fraction of sp³-hybridized carbons (Fsp3) is 1.00. The molecule has 0 aromatic carbocycles. The van der Waals surface area contributed by atoms with Crippen LogP contribution in [-0.2, 0) is 13.7 Å². The molecule has 80 valence electrons. The zero-order valence-electron chi connectivity index (χ0n) is 7.52. The summed E-state index contributed by atoms with van der Waals surface area (Å²) in [7, 11) is -3.98. The van der Waals surface area contributed by atoms with Crippen molar-refractivity contribution in [1.82, 2.24) is 0 Å². The van der Waals surface area contributed by atoms with Gasteiger partial charge >= 0.3 is 7.82 Å². The Kier molecular flexibility index (Phi) is 7.45. The van der Waals surface area contributed by atoms with Gasteiger partial charge in [0.25, 0.3) is 0 Å². The summed E-state index contributed by atoms with van der Waals surface area (Å²) in [4.78, 5) is 8.69. The van der Waals surface area contributed by atoms with Crippen molar-refractivity contribution in [2.45, 2.75) is 25.7 Å². The van der Waals surface area contributed by atoms with Gasteiger partial charge in [-0.2, -0.15) is 0 Å². The molecular formula is C6H17N2O4P. The van der Waals surface area contributed by atoms with E-state index < -0.39 is 7.82 Å². The van der Waals surface area contributed by atoms with Gasteiger partial charge in [0, 0.05) is 0 Å². The minimum Gasteiger partial charge on any atom is -0.330 e. The summed E-state index contributed by atoms with van der Waals surface area (Å²) < 4.78 is 18.9. The lowest BCUT2D eigenvalue weighted by Gasteiger charge is -2.07. The molecule has 0 heterocycles. The van der Waals surface area contributed by atoms with Crippen molar-refractivity contribution in [2.24, 2.45) is 11.6 Å². The first-order valence-electron chi connectivity index (χ1n) is 4.18. The summed E-state index contributed by atoms with van der Waals surface area (Å²) in [6.45, 7) is 0.848. The van der Waals surface area contributed by atoms with E-state index >= 15 is 0 Å². The van der Waals surface area contributed by atoms with Crippen molar-refractivity contribution in [3.8, 4) is 0 Å². The molecule has 1 atom stereocenters. The Morgan fingerprint density at radius 2 is 1.85 bits per heavy atom. The summed E-state index contributed by atoms with van der Waals surface area (Å²) in [5.41, 5.74) is 5.28. The SMILES string of the molecule is NCCCCCCOP(=O)(O)ON. The highest BCUT2D eigenvalue weighted by atomic mass is 31.2. The molecular weight excluding hydrogens is 195 g/mol. The van der Waals surface area contributed by atoms with E-state index in [0.717, 1.165) is 19.3 Å². The first-order valence-corrected chi connectivity index (χ1v) is 5.68. The molecule has 0 saturated carbocycles. The van der Waals surface area contributed by atoms with E-state index in [1.54, 1.807) is 0 Å². The maximum Gasteiger partial charge on any atom is 0.488 e. The Morgan fingerprint density at radius 1 is 1.23 bits per heavy atom. The third kappa shape index (κ3) is 8.36. The molecule has 0 aliphatic carbocycles. The van der Waals surface area contributed by atoms with Gasteiger partial charge in [0.1, 0.15) is 0 Å². The minimum atomic E-state index is -3.98. The van der Waals surface area contributed by atoms with Gasteiger partial charge in [-0.15, -0.1) is 0 Å². The van der Waals surface area contributed by atoms with Crippen LogP contribution in [0.5, 0.6) is 0 Å². The smallest absolute Gasteiger partial charge is 0.330 e. The van der Waals surface area contributed by atoms with Crippen LogP contribution in [0.3, 0.4) is 0 Å². The van der Waals surface area contributed by atoms with Gasteiger partial charge < -0.3 is 10.6 Å². The third-order valence-electron chi connectivity index (χ3n) is 1.49. The lowest BCUT2D eigenvalue weighted by Crippen LogP contribution is -2.02. The highest BCUT2D eigenvalue weighted by Gasteiger charge is 2.18. The van der Waals surface area contributed by atoms with Crippen molar-refractivity contribution >= 4 is 7.82 Å². The number of unbranched alkanes of at least 4 members (excludes halogenated alkanes) is 3. The lowest BCUT2D eigenvalue weighted by atomic mass is 10.2. The summed E-state index contributed by atoms with van der Waals surface area (Å²) in [6.07, 6.45) is 3.58. The van der Waals surface area contributed by atoms with Crippen LogP contribution in [0.4, 0.5) is 0 Å². The molecule has 0 amide bonds. The van der Waals surface area contributed by atoms with Crippen molar-refractivity contribution < 1.29 is 18.6 Å². The number of hydrogen-bond donors (Lipinski definition) is 3. The van der Waals surface area contributed by atoms with Crippen LogP contribution in [-0.4, -0.2) is 18.0 Å². The van der Waals surface area contributed by atoms with E-state index in [-0.39, 0.29) is 6.61 Å². The van der Waals surface area contributed by atoms with Crippen LogP contribution < -0.4 is 11.6 Å². The normalized spacial score (nSPS) is 15.6. The zero-order chi connectivity index (χ0) is 10.2. The summed E-state index contributed by atoms with van der Waals surface area (Å²) in [5.74, 6) is 4.51. The molecule has 0 radical (unpaired) electrons. The van der Waals surface area contributed by atoms with E-state index in [1.165, 1.54) is 0 Å². The van der Waals surface area contributed by atoms with E-state index in [2.05, 4.69) is 15.0 Å². The summed E-state index contributed by atoms with van der Waals surface area (Å²) >= 11 is 0. The van der Waals surface area contributed by atoms with Crippen LogP contribution in [0.15, 0.2) is 0 Å². The zero-order valence-corrected chi connectivity index (χ0v) is 8.41. The van der Waals surface area contributed by atoms with Gasteiger partial charge in [-0.25, -0.2) is 15.1 Å². The topological polar surface area (TPSA) is 108 Å². The van der Waals surface area contributed by atoms with Crippen LogP contribution >= 0.6 is 7.82 Å². The second-order valence-corrected chi connectivity index (χ2v) is 4.02. The molecule has 0 saturated heterocycles. The molecule has 0 aromatic heterocycles. The van der Waals surface area contributed by atoms with E-state index in [0.29, 0.717) is 13.0 Å². The molecule has 13 heavy (non-hydrogen) atoms. The van der Waals surface area contributed by atoms with E-state index in [1.807, 2.05) is 0 Å². The molecule has 6 nitrogen and oxygen atoms in total. The average molecular weight is 212 g/mol. The Bertz CT molecular complexity index is 167. The molecule has 0 aromatic rings. The van der Waals surface area contributed by atoms with Crippen molar-refractivity contribution in [3.05, 3.63) is 0 Å². The van der Waals surface area contributed by atoms with Gasteiger partial charge in [0.2, 0.25) is 0 Å². The first kappa shape index (κ1) is 13.0. The number of nitrogens with two attached hydrogens (primary N) is 2. The number of hydrogen-bond acceptors (Lipinski definition) is 5. The summed E-state index contributed by atoms with van der Waals surface area (Å²) in [6, 6.07) is 0. The predicted molar refractivity (Wildman–Crippen MR) is 48.6 cm³/mol. The van der Waals surface area contributed by atoms with Gasteiger partial charge in [0.15, 0.2) is 0 Å². The van der Waals surface area contributed by atoms with Crippen molar-refractivity contribution in [1.29, 1.82) is 0 Å². The fourth-order valence-corrected chi connectivity index (χ4v) is 1.23. The largest absolute Gasteiger partial charge is 0.488 e. The molecule has 0 fully saturated rings. The van der Waals surface area contributed by atoms with Gasteiger partial charge in [0.05, 0.1) is 6.61 Å². The van der Waals surface area contributed by atoms with E-state index in [4.69, 9.17) is 10.6 Å². The molecule has 0 spiro atoms. The second kappa shape index (κ2) is 7.44. The maximum absolute atomic E-state index is 10.6. The predicted octanol–water partition coefficient (Wildman–Crippen LogP) is 0.513. The maximum atomic E-state index is 10.6. The summed E-state index contributed by atoms with van der Waals surface area (Å²) in [5, 5.41) is 0. The van der Waals surface area contributed by atoms with Gasteiger partial charge in [-0.3, -0.25) is 4.52 Å². The number of phosphoric acid groups is 1. The van der Waals surface area contributed by atoms with Crippen LogP contribution in [0.2, 0.25) is 0 Å². The van der Waals surface area contributed by atoms with Gasteiger partial charge in [-0.05, 0) is 19.4 Å². The molecule has 0 aliphatic heterocycles. The molecule has 0 rings (SSSR count). The Labute approximate surface area is 77.8 Å². The second-order valence-electron chi connectivity index (χ2n) is 2.61. The molecule has 5 N–H and O–H groups in total. The van der Waals surface area contributed by atoms with Crippen LogP contribution in [0, 0.1) is 0 Å². The molecule has 7 heteroatoms. The van der Waals surface area contributed by atoms with Crippen LogP contribution in [0.1, 0.15) is 25.7 Å². The number of phosphoric ester groups is 1. The highest BCUT2D eigenvalue weighted by Crippen LogP contribution is 2.40. The standard InChI is InChI=1S/C6H17N2O4P/c7-5-3-1-2-4-6-11-13(9,10)12-8/h1-8H2,(H,9,10). The Balaban J connectivity index is 3.21. The minimum absolute atomic E-state index is 0.176. The Morgan fingerprint density at radius 3 is 2.38 bits per heavy atom. The quantitative estimate of drug-likeness (QED) is 0.307. The Hall–Kier alpha value is 0.0300. The van der Waals surface area contributed by atoms with E-state index in [9.17, 15) is 4.57 Å². The monoisotopic (exact) mass is 212 g/mol. The van der Waals surface area contributed by atoms with Crippen molar-refractivity contribution in [3.63, 3.8) is 0 Å². The molecule has 1 unspecified atom stereocenters. The molecule has 0 bridgehead atoms. The molecule has 0 aliphatic rings. The first-order chi connectivity index (χ1) is 6.12. The van der Waals surface area contributed by atoms with Gasteiger partial charge in [-0.1, -0.05) is 12.8 Å². The third-order valence-corrected chi connectivity index (χ3v) is 2.26. The average Bonchev–Trinajstić information content (AvgIpc) is 2.11. The number of rotatable bonds is 8. The fourth-order valence-electron chi connectivity index (χ4n) is 0.810. The van der Waals surface area contributed by atoms with Crippen molar-refractivity contribution in [2.75, 3.05) is 13.2 Å². The van der Waals surface area contributed by atoms with Crippen LogP contribution in [0.25, 0.3) is 0 Å². The lowest BCUT2D eigenvalue weighted by molar-refractivity contribution is 0.149. The highest BCUT2D eigenvalue weighted by molar-refractivity contribution is 7.47.